The van der Waals surface area contributed by atoms with Crippen molar-refractivity contribution in [2.75, 3.05) is 6.26 Å². The van der Waals surface area contributed by atoms with E-state index in [1.165, 1.54) is 23.6 Å². The van der Waals surface area contributed by atoms with E-state index in [0.29, 0.717) is 32.7 Å². The summed E-state index contributed by atoms with van der Waals surface area (Å²) in [5.41, 5.74) is -2.02. The Morgan fingerprint density at radius 1 is 1.09 bits per heavy atom. The zero-order chi connectivity index (χ0) is 25.6. The molecule has 35 heavy (non-hydrogen) atoms. The van der Waals surface area contributed by atoms with E-state index in [1.807, 2.05) is 12.1 Å². The number of fused-ring (bicyclic) bond motifs is 1. The third-order valence-electron chi connectivity index (χ3n) is 5.55. The Hall–Kier alpha value is -2.50. The monoisotopic (exact) mass is 540 g/mol. The van der Waals surface area contributed by atoms with Crippen LogP contribution in [0.5, 0.6) is 0 Å². The molecule has 2 N–H and O–H groups in total. The lowest BCUT2D eigenvalue weighted by Gasteiger charge is -2.26. The van der Waals surface area contributed by atoms with Crippen molar-refractivity contribution in [2.45, 2.75) is 24.7 Å². The Kier molecular flexibility index (Phi) is 6.71. The highest BCUT2D eigenvalue weighted by Gasteiger charge is 2.51. The minimum atomic E-state index is -4.87. The maximum atomic E-state index is 13.4. The summed E-state index contributed by atoms with van der Waals surface area (Å²) < 4.78 is 67.8. The minimum Gasteiger partial charge on any atom is -0.376 e. The average Bonchev–Trinajstić information content (AvgIpc) is 3.21. The summed E-state index contributed by atoms with van der Waals surface area (Å²) in [4.78, 5) is 4.88. The first-order valence-electron chi connectivity index (χ1n) is 10.3. The van der Waals surface area contributed by atoms with Gasteiger partial charge in [0, 0.05) is 26.4 Å². The molecule has 0 bridgehead atoms. The maximum Gasteiger partial charge on any atom is 0.421 e. The van der Waals surface area contributed by atoms with Crippen molar-refractivity contribution in [3.05, 3.63) is 87.9 Å². The quantitative estimate of drug-likeness (QED) is 0.313. The van der Waals surface area contributed by atoms with Gasteiger partial charge in [0.2, 0.25) is 10.0 Å². The molecule has 184 valence electrons. The second kappa shape index (κ2) is 9.18. The normalized spacial score (nSPS) is 15.2. The van der Waals surface area contributed by atoms with E-state index in [-0.39, 0.29) is 11.3 Å². The SMILES string of the molecule is C[C@@](O)(c1ccnc(-c2cccc3cc([C@H](NS(C)(=O)=O)c4ccccc4Cl)sc23)c1)C(F)(F)F. The van der Waals surface area contributed by atoms with Gasteiger partial charge in [-0.3, -0.25) is 4.98 Å². The number of nitrogens with zero attached hydrogens (tertiary/aromatic N) is 1. The number of sulfonamides is 1. The highest BCUT2D eigenvalue weighted by Crippen LogP contribution is 2.42. The van der Waals surface area contributed by atoms with Gasteiger partial charge in [-0.2, -0.15) is 13.2 Å². The number of halogens is 4. The second-order valence-corrected chi connectivity index (χ2v) is 11.5. The molecule has 2 aromatic heterocycles. The molecule has 11 heteroatoms. The van der Waals surface area contributed by atoms with Crippen molar-refractivity contribution in [1.29, 1.82) is 0 Å². The van der Waals surface area contributed by atoms with Crippen LogP contribution in [0, 0.1) is 0 Å². The van der Waals surface area contributed by atoms with Crippen LogP contribution in [0.4, 0.5) is 13.2 Å². The lowest BCUT2D eigenvalue weighted by Crippen LogP contribution is -2.39. The van der Waals surface area contributed by atoms with Gasteiger partial charge in [-0.05, 0) is 47.7 Å². The van der Waals surface area contributed by atoms with Crippen LogP contribution in [0.15, 0.2) is 66.9 Å². The number of rotatable bonds is 6. The van der Waals surface area contributed by atoms with Crippen LogP contribution >= 0.6 is 22.9 Å². The number of hydrogen-bond donors (Lipinski definition) is 2. The van der Waals surface area contributed by atoms with E-state index in [4.69, 9.17) is 11.6 Å². The number of thiophene rings is 1. The first kappa shape index (κ1) is 25.6. The summed E-state index contributed by atoms with van der Waals surface area (Å²) in [6.07, 6.45) is -2.60. The maximum absolute atomic E-state index is 13.4. The number of aliphatic hydroxyl groups is 1. The summed E-state index contributed by atoms with van der Waals surface area (Å²) >= 11 is 7.64. The summed E-state index contributed by atoms with van der Waals surface area (Å²) in [5.74, 6) is 0. The molecule has 2 aromatic carbocycles. The van der Waals surface area contributed by atoms with Crippen molar-refractivity contribution < 1.29 is 26.7 Å². The molecule has 0 unspecified atom stereocenters. The van der Waals surface area contributed by atoms with E-state index in [0.717, 1.165) is 17.7 Å². The summed E-state index contributed by atoms with van der Waals surface area (Å²) in [6, 6.07) is 15.5. The molecular formula is C24H20ClF3N2O3S2. The molecule has 5 nitrogen and oxygen atoms in total. The molecule has 2 atom stereocenters. The first-order chi connectivity index (χ1) is 16.3. The third-order valence-corrected chi connectivity index (χ3v) is 7.80. The van der Waals surface area contributed by atoms with Crippen molar-refractivity contribution in [2.24, 2.45) is 0 Å². The lowest BCUT2D eigenvalue weighted by atomic mass is 9.94. The third kappa shape index (κ3) is 5.22. The second-order valence-electron chi connectivity index (χ2n) is 8.22. The van der Waals surface area contributed by atoms with Gasteiger partial charge >= 0.3 is 6.18 Å². The molecule has 0 radical (unpaired) electrons. The Balaban J connectivity index is 1.86. The Labute approximate surface area is 209 Å². The Morgan fingerprint density at radius 2 is 1.80 bits per heavy atom. The fourth-order valence-electron chi connectivity index (χ4n) is 3.67. The largest absolute Gasteiger partial charge is 0.421 e. The highest BCUT2D eigenvalue weighted by atomic mass is 35.5. The van der Waals surface area contributed by atoms with Crippen LogP contribution in [0.3, 0.4) is 0 Å². The molecule has 0 saturated carbocycles. The lowest BCUT2D eigenvalue weighted by molar-refractivity contribution is -0.258. The molecule has 0 aliphatic rings. The zero-order valence-electron chi connectivity index (χ0n) is 18.5. The predicted molar refractivity (Wildman–Crippen MR) is 132 cm³/mol. The minimum absolute atomic E-state index is 0.247. The summed E-state index contributed by atoms with van der Waals surface area (Å²) in [5, 5.41) is 11.3. The van der Waals surface area contributed by atoms with Crippen LogP contribution in [-0.4, -0.2) is 30.9 Å². The number of benzene rings is 2. The van der Waals surface area contributed by atoms with Gasteiger partial charge in [-0.25, -0.2) is 13.1 Å². The first-order valence-corrected chi connectivity index (χ1v) is 13.4. The standard InChI is InChI=1S/C24H20ClF3N2O3S2/c1-23(31,24(26,27)28)15-10-11-29-19(13-15)17-8-5-6-14-12-20(34-22(14)17)21(30-35(2,32)33)16-7-3-4-9-18(16)25/h3-13,21,30-31H,1-2H3/t21-,23-/m1/s1. The van der Waals surface area contributed by atoms with Crippen molar-refractivity contribution in [3.8, 4) is 11.3 Å². The number of hydrogen-bond acceptors (Lipinski definition) is 5. The van der Waals surface area contributed by atoms with Gasteiger partial charge in [0.05, 0.1) is 18.0 Å². The van der Waals surface area contributed by atoms with Gasteiger partial charge in [0.1, 0.15) is 0 Å². The highest BCUT2D eigenvalue weighted by molar-refractivity contribution is 7.88. The van der Waals surface area contributed by atoms with Crippen molar-refractivity contribution in [1.82, 2.24) is 9.71 Å². The predicted octanol–water partition coefficient (Wildman–Crippen LogP) is 6.03. The fourth-order valence-corrected chi connectivity index (χ4v) is 5.92. The van der Waals surface area contributed by atoms with E-state index >= 15 is 0 Å². The number of aromatic nitrogens is 1. The van der Waals surface area contributed by atoms with Gasteiger partial charge in [-0.1, -0.05) is 48.0 Å². The van der Waals surface area contributed by atoms with Gasteiger partial charge in [-0.15, -0.1) is 11.3 Å². The summed E-state index contributed by atoms with van der Waals surface area (Å²) in [6.45, 7) is 0.695. The molecule has 0 spiro atoms. The molecule has 0 fully saturated rings. The summed E-state index contributed by atoms with van der Waals surface area (Å²) in [7, 11) is -3.62. The molecule has 0 saturated heterocycles. The topological polar surface area (TPSA) is 79.3 Å². The molecule has 0 aliphatic heterocycles. The van der Waals surface area contributed by atoms with Crippen LogP contribution < -0.4 is 4.72 Å². The van der Waals surface area contributed by atoms with E-state index in [2.05, 4.69) is 9.71 Å². The fraction of sp³-hybridized carbons (Fsp3) is 0.208. The number of pyridine rings is 1. The zero-order valence-corrected chi connectivity index (χ0v) is 20.9. The molecule has 2 heterocycles. The van der Waals surface area contributed by atoms with E-state index < -0.39 is 27.8 Å². The molecule has 4 rings (SSSR count). The molecule has 0 aliphatic carbocycles. The van der Waals surface area contributed by atoms with Crippen molar-refractivity contribution >= 4 is 43.0 Å². The smallest absolute Gasteiger partial charge is 0.376 e. The Bertz CT molecular complexity index is 1500. The Morgan fingerprint density at radius 3 is 2.46 bits per heavy atom. The molecule has 0 amide bonds. The van der Waals surface area contributed by atoms with E-state index in [9.17, 15) is 26.7 Å². The van der Waals surface area contributed by atoms with Gasteiger partial charge in [0.25, 0.3) is 0 Å². The van der Waals surface area contributed by atoms with E-state index in [1.54, 1.807) is 36.4 Å². The van der Waals surface area contributed by atoms with Crippen LogP contribution in [0.25, 0.3) is 21.3 Å². The van der Waals surface area contributed by atoms with Crippen LogP contribution in [0.2, 0.25) is 5.02 Å². The molecule has 4 aromatic rings. The van der Waals surface area contributed by atoms with Gasteiger partial charge in [0.15, 0.2) is 5.60 Å². The average molecular weight is 541 g/mol. The number of alkyl halides is 3. The van der Waals surface area contributed by atoms with Gasteiger partial charge < -0.3 is 5.11 Å². The number of nitrogens with one attached hydrogen (secondary N) is 1. The van der Waals surface area contributed by atoms with Crippen LogP contribution in [-0.2, 0) is 15.6 Å². The molecular weight excluding hydrogens is 521 g/mol. The van der Waals surface area contributed by atoms with Crippen molar-refractivity contribution in [3.63, 3.8) is 0 Å². The van der Waals surface area contributed by atoms with Crippen LogP contribution in [0.1, 0.15) is 29.0 Å².